The molecule has 1 aromatic carbocycles. The van der Waals surface area contributed by atoms with Gasteiger partial charge in [0.15, 0.2) is 5.82 Å². The van der Waals surface area contributed by atoms with Gasteiger partial charge in [-0.05, 0) is 11.1 Å². The molecule has 19 heavy (non-hydrogen) atoms. The number of aromatic nitrogens is 2. The van der Waals surface area contributed by atoms with Crippen LogP contribution in [-0.2, 0) is 11.3 Å². The van der Waals surface area contributed by atoms with Crippen LogP contribution in [0.2, 0.25) is 0 Å². The smallest absolute Gasteiger partial charge is 0.229 e. The third kappa shape index (κ3) is 3.00. The van der Waals surface area contributed by atoms with Crippen LogP contribution in [-0.4, -0.2) is 17.3 Å². The molecular formula is C14H19N3O2. The predicted octanol–water partition coefficient (Wildman–Crippen LogP) is 2.39. The molecule has 1 atom stereocenters. The first kappa shape index (κ1) is 13.7. The average Bonchev–Trinajstić information content (AvgIpc) is 2.89. The fourth-order valence-electron chi connectivity index (χ4n) is 1.87. The quantitative estimate of drug-likeness (QED) is 0.894. The van der Waals surface area contributed by atoms with Crippen LogP contribution >= 0.6 is 0 Å². The van der Waals surface area contributed by atoms with Gasteiger partial charge >= 0.3 is 0 Å². The van der Waals surface area contributed by atoms with Crippen LogP contribution < -0.4 is 5.73 Å². The minimum absolute atomic E-state index is 0.197. The number of rotatable bonds is 5. The Bertz CT molecular complexity index is 537. The Kier molecular flexibility index (Phi) is 4.29. The highest BCUT2D eigenvalue weighted by molar-refractivity contribution is 5.32. The van der Waals surface area contributed by atoms with Gasteiger partial charge in [0.1, 0.15) is 0 Å². The molecule has 0 aliphatic rings. The van der Waals surface area contributed by atoms with Crippen molar-refractivity contribution in [3.63, 3.8) is 0 Å². The van der Waals surface area contributed by atoms with Gasteiger partial charge in [0, 0.05) is 13.0 Å². The van der Waals surface area contributed by atoms with Crippen LogP contribution in [0, 0.1) is 0 Å². The predicted molar refractivity (Wildman–Crippen MR) is 71.6 cm³/mol. The summed E-state index contributed by atoms with van der Waals surface area (Å²) < 4.78 is 10.4. The van der Waals surface area contributed by atoms with Crippen LogP contribution in [0.15, 0.2) is 28.8 Å². The molecule has 5 heteroatoms. The number of hydrogen-bond donors (Lipinski definition) is 1. The highest BCUT2D eigenvalue weighted by Gasteiger charge is 2.19. The lowest BCUT2D eigenvalue weighted by Crippen LogP contribution is -2.16. The summed E-state index contributed by atoms with van der Waals surface area (Å²) in [5, 5.41) is 3.96. The molecule has 0 aliphatic heterocycles. The molecule has 1 unspecified atom stereocenters. The maximum Gasteiger partial charge on any atom is 0.229 e. The normalized spacial score (nSPS) is 12.9. The molecular weight excluding hydrogens is 242 g/mol. The lowest BCUT2D eigenvalue weighted by atomic mass is 10.0. The monoisotopic (exact) mass is 261 g/mol. The summed E-state index contributed by atoms with van der Waals surface area (Å²) in [4.78, 5) is 4.34. The Hall–Kier alpha value is -1.72. The van der Waals surface area contributed by atoms with Gasteiger partial charge in [-0.1, -0.05) is 43.3 Å². The first-order valence-corrected chi connectivity index (χ1v) is 6.29. The zero-order valence-corrected chi connectivity index (χ0v) is 11.5. The first-order chi connectivity index (χ1) is 9.13. The molecule has 2 rings (SSSR count). The van der Waals surface area contributed by atoms with E-state index in [1.807, 2.05) is 38.1 Å². The van der Waals surface area contributed by atoms with Crippen LogP contribution in [0.3, 0.4) is 0 Å². The molecule has 0 amide bonds. The maximum atomic E-state index is 6.22. The molecule has 102 valence electrons. The molecule has 0 aliphatic carbocycles. The largest absolute Gasteiger partial charge is 0.380 e. The Labute approximate surface area is 112 Å². The second-order valence-electron chi connectivity index (χ2n) is 4.76. The summed E-state index contributed by atoms with van der Waals surface area (Å²) in [6, 6.07) is 7.45. The van der Waals surface area contributed by atoms with Gasteiger partial charge in [0.2, 0.25) is 5.89 Å². The molecule has 0 saturated carbocycles. The fourth-order valence-corrected chi connectivity index (χ4v) is 1.87. The van der Waals surface area contributed by atoms with Crippen LogP contribution in [0.1, 0.15) is 48.6 Å². The first-order valence-electron chi connectivity index (χ1n) is 6.29. The number of methoxy groups -OCH3 is 1. The lowest BCUT2D eigenvalue weighted by Gasteiger charge is -2.12. The zero-order chi connectivity index (χ0) is 13.8. The van der Waals surface area contributed by atoms with E-state index in [-0.39, 0.29) is 5.92 Å². The standard InChI is InChI=1S/C14H19N3O2/c1-9(2)14-16-13(17-19-14)12(15)11-7-5-4-6-10(11)8-18-3/h4-7,9,12H,8,15H2,1-3H3. The molecule has 0 bridgehead atoms. The third-order valence-electron chi connectivity index (χ3n) is 2.92. The molecule has 1 heterocycles. The number of nitrogens with zero attached hydrogens (tertiary/aromatic N) is 2. The van der Waals surface area contributed by atoms with E-state index in [4.69, 9.17) is 15.0 Å². The van der Waals surface area contributed by atoms with Crippen molar-refractivity contribution in [2.45, 2.75) is 32.4 Å². The maximum absolute atomic E-state index is 6.22. The van der Waals surface area contributed by atoms with Crippen molar-refractivity contribution in [2.24, 2.45) is 5.73 Å². The van der Waals surface area contributed by atoms with E-state index >= 15 is 0 Å². The van der Waals surface area contributed by atoms with Crippen molar-refractivity contribution < 1.29 is 9.26 Å². The lowest BCUT2D eigenvalue weighted by molar-refractivity contribution is 0.184. The molecule has 0 radical (unpaired) electrons. The summed E-state index contributed by atoms with van der Waals surface area (Å²) >= 11 is 0. The average molecular weight is 261 g/mol. The zero-order valence-electron chi connectivity index (χ0n) is 11.5. The van der Waals surface area contributed by atoms with E-state index in [0.29, 0.717) is 18.3 Å². The number of nitrogens with two attached hydrogens (primary N) is 1. The van der Waals surface area contributed by atoms with Gasteiger partial charge in [-0.25, -0.2) is 0 Å². The topological polar surface area (TPSA) is 74.2 Å². The highest BCUT2D eigenvalue weighted by atomic mass is 16.5. The van der Waals surface area contributed by atoms with Gasteiger partial charge in [0.25, 0.3) is 0 Å². The Morgan fingerprint density at radius 2 is 2.05 bits per heavy atom. The van der Waals surface area contributed by atoms with E-state index in [0.717, 1.165) is 11.1 Å². The van der Waals surface area contributed by atoms with Crippen molar-refractivity contribution in [1.82, 2.24) is 10.1 Å². The summed E-state index contributed by atoms with van der Waals surface area (Å²) in [5.74, 6) is 1.31. The van der Waals surface area contributed by atoms with Crippen LogP contribution in [0.25, 0.3) is 0 Å². The number of hydrogen-bond acceptors (Lipinski definition) is 5. The van der Waals surface area contributed by atoms with E-state index in [1.165, 1.54) is 0 Å². The molecule has 2 N–H and O–H groups in total. The van der Waals surface area contributed by atoms with Crippen molar-refractivity contribution in [2.75, 3.05) is 7.11 Å². The molecule has 1 aromatic heterocycles. The number of benzene rings is 1. The summed E-state index contributed by atoms with van der Waals surface area (Å²) in [5.41, 5.74) is 8.21. The summed E-state index contributed by atoms with van der Waals surface area (Å²) in [6.45, 7) is 4.52. The minimum Gasteiger partial charge on any atom is -0.380 e. The van der Waals surface area contributed by atoms with E-state index < -0.39 is 6.04 Å². The van der Waals surface area contributed by atoms with Crippen molar-refractivity contribution >= 4 is 0 Å². The van der Waals surface area contributed by atoms with Gasteiger partial charge in [-0.3, -0.25) is 0 Å². The SMILES string of the molecule is COCc1ccccc1C(N)c1noc(C(C)C)n1. The Balaban J connectivity index is 2.29. The van der Waals surface area contributed by atoms with Crippen LogP contribution in [0.5, 0.6) is 0 Å². The molecule has 5 nitrogen and oxygen atoms in total. The minimum atomic E-state index is -0.400. The van der Waals surface area contributed by atoms with Gasteiger partial charge in [0.05, 0.1) is 12.6 Å². The van der Waals surface area contributed by atoms with Crippen molar-refractivity contribution in [3.8, 4) is 0 Å². The second kappa shape index (κ2) is 5.95. The highest BCUT2D eigenvalue weighted by Crippen LogP contribution is 2.23. The molecule has 0 spiro atoms. The second-order valence-corrected chi connectivity index (χ2v) is 4.76. The van der Waals surface area contributed by atoms with Gasteiger partial charge in [-0.15, -0.1) is 0 Å². The fraction of sp³-hybridized carbons (Fsp3) is 0.429. The summed E-state index contributed by atoms with van der Waals surface area (Å²) in [7, 11) is 1.66. The van der Waals surface area contributed by atoms with E-state index in [1.54, 1.807) is 7.11 Å². The Morgan fingerprint density at radius 1 is 1.32 bits per heavy atom. The Morgan fingerprint density at radius 3 is 2.68 bits per heavy atom. The van der Waals surface area contributed by atoms with Gasteiger partial charge in [-0.2, -0.15) is 4.98 Å². The molecule has 0 fully saturated rings. The summed E-state index contributed by atoms with van der Waals surface area (Å²) in [6.07, 6.45) is 0. The van der Waals surface area contributed by atoms with E-state index in [9.17, 15) is 0 Å². The van der Waals surface area contributed by atoms with Crippen LogP contribution in [0.4, 0.5) is 0 Å². The third-order valence-corrected chi connectivity index (χ3v) is 2.92. The number of ether oxygens (including phenoxy) is 1. The molecule has 2 aromatic rings. The van der Waals surface area contributed by atoms with Gasteiger partial charge < -0.3 is 15.0 Å². The molecule has 0 saturated heterocycles. The van der Waals surface area contributed by atoms with Crippen molar-refractivity contribution in [1.29, 1.82) is 0 Å². The van der Waals surface area contributed by atoms with Crippen molar-refractivity contribution in [3.05, 3.63) is 47.1 Å². The van der Waals surface area contributed by atoms with E-state index in [2.05, 4.69) is 10.1 Å².